The Morgan fingerprint density at radius 3 is 2.94 bits per heavy atom. The van der Waals surface area contributed by atoms with Crippen molar-refractivity contribution in [2.75, 3.05) is 25.0 Å². The zero-order chi connectivity index (χ0) is 12.9. The average Bonchev–Trinajstić information content (AvgIpc) is 2.62. The van der Waals surface area contributed by atoms with Crippen molar-refractivity contribution in [3.05, 3.63) is 29.3 Å². The molecule has 96 valence electrons. The van der Waals surface area contributed by atoms with Gasteiger partial charge in [0, 0.05) is 24.2 Å². The number of rotatable bonds is 0. The molecule has 0 spiro atoms. The van der Waals surface area contributed by atoms with E-state index in [1.54, 1.807) is 4.90 Å². The zero-order valence-corrected chi connectivity index (χ0v) is 10.9. The number of hydrogen-bond donors (Lipinski definition) is 1. The van der Waals surface area contributed by atoms with Crippen LogP contribution in [0.1, 0.15) is 23.5 Å². The molecular formula is C14H19N3O. The van der Waals surface area contributed by atoms with Gasteiger partial charge in [-0.2, -0.15) is 0 Å². The topological polar surface area (TPSA) is 49.6 Å². The summed E-state index contributed by atoms with van der Waals surface area (Å²) in [6.07, 6.45) is 0.998. The summed E-state index contributed by atoms with van der Waals surface area (Å²) in [4.78, 5) is 15.8. The normalized spacial score (nSPS) is 26.9. The first-order valence-corrected chi connectivity index (χ1v) is 6.45. The van der Waals surface area contributed by atoms with Gasteiger partial charge in [-0.1, -0.05) is 17.7 Å². The first-order valence-electron chi connectivity index (χ1n) is 6.45. The number of nitrogens with zero attached hydrogens (tertiary/aromatic N) is 2. The van der Waals surface area contributed by atoms with E-state index in [9.17, 15) is 4.79 Å². The molecule has 1 fully saturated rings. The van der Waals surface area contributed by atoms with E-state index in [0.717, 1.165) is 25.2 Å². The smallest absolute Gasteiger partial charge is 0.319 e. The van der Waals surface area contributed by atoms with E-state index in [0.29, 0.717) is 5.92 Å². The quantitative estimate of drug-likeness (QED) is 0.756. The number of primary amides is 1. The van der Waals surface area contributed by atoms with Gasteiger partial charge in [-0.05, 0) is 38.6 Å². The molecule has 1 saturated heterocycles. The molecule has 18 heavy (non-hydrogen) atoms. The molecule has 2 heterocycles. The Morgan fingerprint density at radius 2 is 2.22 bits per heavy atom. The molecule has 0 aromatic heterocycles. The summed E-state index contributed by atoms with van der Waals surface area (Å²) in [5.41, 5.74) is 9.10. The number of likely N-dealkylation sites (N-methyl/N-ethyl adjacent to an activating group) is 1. The Balaban J connectivity index is 2.09. The maximum Gasteiger partial charge on any atom is 0.319 e. The first-order chi connectivity index (χ1) is 8.58. The molecule has 2 N–H and O–H groups in total. The second-order valence-electron chi connectivity index (χ2n) is 5.50. The van der Waals surface area contributed by atoms with E-state index in [1.807, 2.05) is 6.07 Å². The molecule has 1 aromatic carbocycles. The molecule has 2 aliphatic rings. The summed E-state index contributed by atoms with van der Waals surface area (Å²) in [5, 5.41) is 0. The summed E-state index contributed by atoms with van der Waals surface area (Å²) in [6.45, 7) is 4.12. The van der Waals surface area contributed by atoms with Crippen LogP contribution in [0.4, 0.5) is 10.5 Å². The van der Waals surface area contributed by atoms with Gasteiger partial charge in [0.25, 0.3) is 0 Å². The molecule has 2 atom stereocenters. The van der Waals surface area contributed by atoms with Gasteiger partial charge in [0.05, 0.1) is 0 Å². The minimum atomic E-state index is -0.322. The van der Waals surface area contributed by atoms with Gasteiger partial charge < -0.3 is 10.6 Å². The van der Waals surface area contributed by atoms with Gasteiger partial charge in [-0.3, -0.25) is 4.90 Å². The van der Waals surface area contributed by atoms with Crippen molar-refractivity contribution in [3.8, 4) is 0 Å². The van der Waals surface area contributed by atoms with Crippen LogP contribution in [0.5, 0.6) is 0 Å². The highest BCUT2D eigenvalue weighted by molar-refractivity contribution is 5.94. The molecule has 1 aromatic rings. The lowest BCUT2D eigenvalue weighted by Gasteiger charge is -2.35. The third kappa shape index (κ3) is 1.60. The molecule has 2 aliphatic heterocycles. The predicted molar refractivity (Wildman–Crippen MR) is 71.9 cm³/mol. The van der Waals surface area contributed by atoms with Crippen LogP contribution in [0.2, 0.25) is 0 Å². The number of aryl methyl sites for hydroxylation is 1. The Bertz CT molecular complexity index is 500. The lowest BCUT2D eigenvalue weighted by molar-refractivity contribution is 0.223. The van der Waals surface area contributed by atoms with Crippen molar-refractivity contribution in [2.45, 2.75) is 25.3 Å². The van der Waals surface area contributed by atoms with E-state index in [-0.39, 0.29) is 12.1 Å². The number of carbonyl (C=O) groups excluding carboxylic acids is 1. The second-order valence-corrected chi connectivity index (χ2v) is 5.50. The average molecular weight is 245 g/mol. The van der Waals surface area contributed by atoms with Gasteiger partial charge in [-0.25, -0.2) is 4.79 Å². The van der Waals surface area contributed by atoms with Crippen LogP contribution in [-0.4, -0.2) is 37.1 Å². The second kappa shape index (κ2) is 3.99. The fourth-order valence-corrected chi connectivity index (χ4v) is 3.37. The number of carbonyl (C=O) groups is 1. The van der Waals surface area contributed by atoms with Crippen LogP contribution >= 0.6 is 0 Å². The minimum absolute atomic E-state index is 0.246. The number of nitrogens with two attached hydrogens (primary N) is 1. The highest BCUT2D eigenvalue weighted by Crippen LogP contribution is 2.44. The zero-order valence-electron chi connectivity index (χ0n) is 10.9. The maximum absolute atomic E-state index is 11.7. The molecule has 4 heteroatoms. The van der Waals surface area contributed by atoms with Crippen molar-refractivity contribution in [3.63, 3.8) is 0 Å². The van der Waals surface area contributed by atoms with Crippen LogP contribution in [0.3, 0.4) is 0 Å². The van der Waals surface area contributed by atoms with Crippen molar-refractivity contribution < 1.29 is 4.79 Å². The van der Waals surface area contributed by atoms with Gasteiger partial charge >= 0.3 is 6.03 Å². The summed E-state index contributed by atoms with van der Waals surface area (Å²) in [7, 11) is 2.14. The largest absolute Gasteiger partial charge is 0.351 e. The predicted octanol–water partition coefficient (Wildman–Crippen LogP) is 1.68. The maximum atomic E-state index is 11.7. The lowest BCUT2D eigenvalue weighted by Crippen LogP contribution is -2.48. The van der Waals surface area contributed by atoms with Crippen LogP contribution in [0.15, 0.2) is 18.2 Å². The Morgan fingerprint density at radius 1 is 1.44 bits per heavy atom. The standard InChI is InChI=1S/C14H19N3O/c1-9-3-4-12-10(7-9)11-8-16(2)6-5-13(11)17(12)14(15)18/h3-4,7,11,13H,5-6,8H2,1-2H3,(H2,15,18). The van der Waals surface area contributed by atoms with Crippen LogP contribution in [0.25, 0.3) is 0 Å². The molecule has 0 saturated carbocycles. The number of anilines is 1. The van der Waals surface area contributed by atoms with Gasteiger partial charge in [0.2, 0.25) is 0 Å². The van der Waals surface area contributed by atoms with Crippen molar-refractivity contribution in [1.29, 1.82) is 0 Å². The molecule has 4 nitrogen and oxygen atoms in total. The summed E-state index contributed by atoms with van der Waals surface area (Å²) >= 11 is 0. The molecule has 3 rings (SSSR count). The van der Waals surface area contributed by atoms with Crippen LogP contribution in [-0.2, 0) is 0 Å². The van der Waals surface area contributed by atoms with Crippen molar-refractivity contribution in [1.82, 2.24) is 4.90 Å². The Labute approximate surface area is 107 Å². The molecule has 2 unspecified atom stereocenters. The van der Waals surface area contributed by atoms with E-state index >= 15 is 0 Å². The molecular weight excluding hydrogens is 226 g/mol. The number of urea groups is 1. The number of amides is 2. The number of likely N-dealkylation sites (tertiary alicyclic amines) is 1. The van der Waals surface area contributed by atoms with Crippen molar-refractivity contribution in [2.24, 2.45) is 5.73 Å². The summed E-state index contributed by atoms with van der Waals surface area (Å²) in [5.74, 6) is 0.408. The summed E-state index contributed by atoms with van der Waals surface area (Å²) in [6, 6.07) is 6.21. The van der Waals surface area contributed by atoms with Gasteiger partial charge in [0.15, 0.2) is 0 Å². The highest BCUT2D eigenvalue weighted by Gasteiger charge is 2.43. The summed E-state index contributed by atoms with van der Waals surface area (Å²) < 4.78 is 0. The third-order valence-electron chi connectivity index (χ3n) is 4.19. The van der Waals surface area contributed by atoms with E-state index in [1.165, 1.54) is 11.1 Å². The van der Waals surface area contributed by atoms with Gasteiger partial charge in [-0.15, -0.1) is 0 Å². The van der Waals surface area contributed by atoms with Crippen LogP contribution in [0, 0.1) is 6.92 Å². The third-order valence-corrected chi connectivity index (χ3v) is 4.19. The number of fused-ring (bicyclic) bond motifs is 3. The number of hydrogen-bond acceptors (Lipinski definition) is 2. The lowest BCUT2D eigenvalue weighted by atomic mass is 9.89. The molecule has 0 bridgehead atoms. The highest BCUT2D eigenvalue weighted by atomic mass is 16.2. The van der Waals surface area contributed by atoms with Gasteiger partial charge in [0.1, 0.15) is 0 Å². The van der Waals surface area contributed by atoms with Crippen LogP contribution < -0.4 is 10.6 Å². The Hall–Kier alpha value is -1.55. The number of piperidine rings is 1. The first kappa shape index (κ1) is 11.5. The fourth-order valence-electron chi connectivity index (χ4n) is 3.37. The minimum Gasteiger partial charge on any atom is -0.351 e. The van der Waals surface area contributed by atoms with E-state index < -0.39 is 0 Å². The molecule has 0 radical (unpaired) electrons. The van der Waals surface area contributed by atoms with E-state index in [4.69, 9.17) is 5.73 Å². The monoisotopic (exact) mass is 245 g/mol. The Kier molecular flexibility index (Phi) is 2.55. The molecule has 0 aliphatic carbocycles. The number of benzene rings is 1. The molecule has 2 amide bonds. The SMILES string of the molecule is Cc1ccc2c(c1)C1CN(C)CCC1N2C(N)=O. The van der Waals surface area contributed by atoms with E-state index in [2.05, 4.69) is 31.0 Å². The van der Waals surface area contributed by atoms with Crippen molar-refractivity contribution >= 4 is 11.7 Å². The fraction of sp³-hybridized carbons (Fsp3) is 0.500.